The van der Waals surface area contributed by atoms with Crippen molar-refractivity contribution in [3.8, 4) is 0 Å². The van der Waals surface area contributed by atoms with Gasteiger partial charge in [0.15, 0.2) is 0 Å². The number of rotatable bonds is 1. The van der Waals surface area contributed by atoms with Crippen LogP contribution in [-0.4, -0.2) is 45.5 Å². The van der Waals surface area contributed by atoms with Gasteiger partial charge < -0.3 is 0 Å². The minimum absolute atomic E-state index is 0.642. The molecule has 0 radical (unpaired) electrons. The normalized spacial score (nSPS) is 36.4. The smallest absolute Gasteiger partial charge is 0.0461 e. The summed E-state index contributed by atoms with van der Waals surface area (Å²) in [5, 5.41) is 0. The molecule has 3 fully saturated rings. The zero-order chi connectivity index (χ0) is 21.1. The second kappa shape index (κ2) is 5.82. The van der Waals surface area contributed by atoms with Crippen molar-refractivity contribution in [2.45, 2.75) is 87.6 Å². The molecule has 0 N–H and O–H groups in total. The predicted molar refractivity (Wildman–Crippen MR) is 144 cm³/mol. The fraction of sp³-hybridized carbons (Fsp3) is 0.700. The lowest BCUT2D eigenvalue weighted by Crippen LogP contribution is -3.04. The van der Waals surface area contributed by atoms with Crippen LogP contribution in [0.1, 0.15) is 5.56 Å². The Bertz CT molecular complexity index is 707. The van der Waals surface area contributed by atoms with Crippen LogP contribution in [0.5, 0.6) is 0 Å². The SMILES string of the molecule is C[Si]1(C)C2[Si](C)(C)[Si](C)(C)C(c3ccc(Br)cc3)([Si]1(C)C)[Si](C)(C)[Si]2(C)C. The third-order valence-corrected chi connectivity index (χ3v) is 101. The molecule has 0 atom stereocenters. The highest BCUT2D eigenvalue weighted by atomic mass is 79.9. The van der Waals surface area contributed by atoms with E-state index in [1.165, 1.54) is 9.26 Å². The van der Waals surface area contributed by atoms with Crippen molar-refractivity contribution in [1.29, 1.82) is 0 Å². The molecular formula is C20H41BrSi6. The molecule has 0 saturated carbocycles. The minimum Gasteiger partial charge on any atom is -0.0715 e. The average molecular weight is 530 g/mol. The molecule has 0 amide bonds. The van der Waals surface area contributed by atoms with Gasteiger partial charge in [-0.3, -0.25) is 0 Å². The summed E-state index contributed by atoms with van der Waals surface area (Å²) in [5.74, 6) is 0. The summed E-state index contributed by atoms with van der Waals surface area (Å²) >= 11 is 3.73. The zero-order valence-corrected chi connectivity index (χ0v) is 27.4. The summed E-state index contributed by atoms with van der Waals surface area (Å²) in [6, 6.07) is 9.88. The molecule has 1 aromatic rings. The molecule has 3 heterocycles. The number of hydrogen-bond acceptors (Lipinski definition) is 0. The van der Waals surface area contributed by atoms with Crippen LogP contribution in [0.15, 0.2) is 28.7 Å². The number of benzene rings is 1. The fourth-order valence-electron chi connectivity index (χ4n) is 9.36. The van der Waals surface area contributed by atoms with Crippen molar-refractivity contribution < 1.29 is 0 Å². The zero-order valence-electron chi connectivity index (χ0n) is 19.8. The molecule has 0 unspecified atom stereocenters. The molecule has 152 valence electrons. The lowest BCUT2D eigenvalue weighted by Gasteiger charge is -2.85. The number of fused-ring (bicyclic) bond motifs is 3. The number of halogens is 1. The fourth-order valence-corrected chi connectivity index (χ4v) is 155. The Hall–Kier alpha value is 1.00. The maximum atomic E-state index is 3.73. The third kappa shape index (κ3) is 2.13. The van der Waals surface area contributed by atoms with Crippen LogP contribution in [0.2, 0.25) is 83.4 Å². The predicted octanol–water partition coefficient (Wildman–Crippen LogP) is 7.27. The van der Waals surface area contributed by atoms with Crippen molar-refractivity contribution >= 4 is 61.5 Å². The maximum Gasteiger partial charge on any atom is 0.0461 e. The summed E-state index contributed by atoms with van der Waals surface area (Å²) in [6.07, 6.45) is 0. The Kier molecular flexibility index (Phi) is 4.89. The van der Waals surface area contributed by atoms with Gasteiger partial charge in [-0.15, -0.1) is 0 Å². The maximum absolute atomic E-state index is 3.73. The summed E-state index contributed by atoms with van der Waals surface area (Å²) in [5.41, 5.74) is 1.80. The van der Waals surface area contributed by atoms with Crippen LogP contribution < -0.4 is 0 Å². The molecule has 0 aromatic heterocycles. The van der Waals surface area contributed by atoms with Crippen LogP contribution in [0.3, 0.4) is 0 Å². The van der Waals surface area contributed by atoms with E-state index in [2.05, 4.69) is 119 Å². The van der Waals surface area contributed by atoms with E-state index in [9.17, 15) is 0 Å². The van der Waals surface area contributed by atoms with Crippen LogP contribution in [-0.2, 0) is 4.28 Å². The van der Waals surface area contributed by atoms with Gasteiger partial charge in [0.2, 0.25) is 0 Å². The monoisotopic (exact) mass is 528 g/mol. The molecule has 3 aliphatic rings. The van der Waals surface area contributed by atoms with Gasteiger partial charge in [-0.05, 0) is 16.4 Å². The average Bonchev–Trinajstić information content (AvgIpc) is 2.45. The molecule has 2 bridgehead atoms. The van der Waals surface area contributed by atoms with E-state index >= 15 is 0 Å². The van der Waals surface area contributed by atoms with Crippen molar-refractivity contribution in [2.75, 3.05) is 0 Å². The first-order valence-corrected chi connectivity index (χ1v) is 32.7. The summed E-state index contributed by atoms with van der Waals surface area (Å²) < 4.78 is 1.89. The Morgan fingerprint density at radius 2 is 0.889 bits per heavy atom. The molecule has 4 rings (SSSR count). The van der Waals surface area contributed by atoms with Gasteiger partial charge in [0.05, 0.1) is 0 Å². The first kappa shape index (κ1) is 22.7. The third-order valence-electron chi connectivity index (χ3n) is 11.1. The highest BCUT2D eigenvalue weighted by Gasteiger charge is 2.87. The van der Waals surface area contributed by atoms with Crippen LogP contribution >= 0.6 is 15.9 Å². The van der Waals surface area contributed by atoms with E-state index in [1.807, 2.05) is 0 Å². The summed E-state index contributed by atoms with van der Waals surface area (Å²) in [4.78, 5) is 1.24. The molecule has 7 heteroatoms. The highest BCUT2D eigenvalue weighted by Crippen LogP contribution is 2.71. The molecule has 1 aromatic carbocycles. The standard InChI is InChI=1S/C20H41BrSi6/c1-22(2)19-23(3,4)26(9,10)20(25(22,7)8,27(11,12)24(19,5)6)17-13-15-18(21)16-14-17/h13-16,19H,1-12H3. The topological polar surface area (TPSA) is 0 Å². The van der Waals surface area contributed by atoms with Crippen LogP contribution in [0, 0.1) is 0 Å². The molecular weight excluding hydrogens is 489 g/mol. The van der Waals surface area contributed by atoms with Crippen LogP contribution in [0.25, 0.3) is 0 Å². The van der Waals surface area contributed by atoms with E-state index in [1.54, 1.807) is 5.56 Å². The van der Waals surface area contributed by atoms with Crippen molar-refractivity contribution in [2.24, 2.45) is 0 Å². The van der Waals surface area contributed by atoms with Gasteiger partial charge in [0.1, 0.15) is 0 Å². The second-order valence-electron chi connectivity index (χ2n) is 12.7. The Morgan fingerprint density at radius 3 is 1.19 bits per heavy atom. The largest absolute Gasteiger partial charge is 0.0715 e. The van der Waals surface area contributed by atoms with E-state index in [-0.39, 0.29) is 0 Å². The first-order chi connectivity index (χ1) is 11.9. The van der Waals surface area contributed by atoms with Crippen molar-refractivity contribution in [3.63, 3.8) is 0 Å². The Morgan fingerprint density at radius 1 is 0.593 bits per heavy atom. The first-order valence-electron chi connectivity index (χ1n) is 10.6. The molecule has 3 saturated heterocycles. The molecule has 0 spiro atoms. The van der Waals surface area contributed by atoms with E-state index in [0.29, 0.717) is 4.28 Å². The van der Waals surface area contributed by atoms with Crippen molar-refractivity contribution in [3.05, 3.63) is 34.3 Å². The summed E-state index contributed by atoms with van der Waals surface area (Å²) in [6.45, 7) is 34.5. The molecule has 0 nitrogen and oxygen atoms in total. The Balaban J connectivity index is 2.58. The van der Waals surface area contributed by atoms with Gasteiger partial charge in [-0.2, -0.15) is 0 Å². The minimum atomic E-state index is -1.44. The molecule has 27 heavy (non-hydrogen) atoms. The lowest BCUT2D eigenvalue weighted by molar-refractivity contribution is 1.02. The van der Waals surface area contributed by atoms with Crippen LogP contribution in [0.4, 0.5) is 0 Å². The van der Waals surface area contributed by atoms with Gasteiger partial charge in [0, 0.05) is 50.0 Å². The highest BCUT2D eigenvalue weighted by molar-refractivity contribution is 9.10. The second-order valence-corrected chi connectivity index (χ2v) is 63.8. The van der Waals surface area contributed by atoms with Gasteiger partial charge in [-0.1, -0.05) is 117 Å². The lowest BCUT2D eigenvalue weighted by atomic mass is 10.2. The van der Waals surface area contributed by atoms with E-state index < -0.39 is 45.5 Å². The number of hydrogen-bond donors (Lipinski definition) is 0. The van der Waals surface area contributed by atoms with Gasteiger partial charge in [-0.25, -0.2) is 0 Å². The Labute approximate surface area is 182 Å². The van der Waals surface area contributed by atoms with Gasteiger partial charge in [0.25, 0.3) is 0 Å². The van der Waals surface area contributed by atoms with Crippen molar-refractivity contribution in [1.82, 2.24) is 0 Å². The van der Waals surface area contributed by atoms with Gasteiger partial charge >= 0.3 is 0 Å². The quantitative estimate of drug-likeness (QED) is 0.336. The van der Waals surface area contributed by atoms with E-state index in [0.717, 1.165) is 0 Å². The van der Waals surface area contributed by atoms with E-state index in [4.69, 9.17) is 0 Å². The molecule has 0 aliphatic carbocycles. The summed E-state index contributed by atoms with van der Waals surface area (Å²) in [7, 11) is -8.20. The molecule has 3 aliphatic heterocycles.